The normalized spacial score (nSPS) is 23.5. The number of carbonyl (C=O) groups excluding carboxylic acids is 1. The molecule has 0 aromatic carbocycles. The van der Waals surface area contributed by atoms with Gasteiger partial charge >= 0.3 is 5.97 Å². The molecule has 1 saturated heterocycles. The van der Waals surface area contributed by atoms with Gasteiger partial charge in [0.15, 0.2) is 0 Å². The molecule has 1 saturated carbocycles. The molecule has 1 aliphatic carbocycles. The smallest absolute Gasteiger partial charge is 0.306 e. The maximum Gasteiger partial charge on any atom is 0.306 e. The summed E-state index contributed by atoms with van der Waals surface area (Å²) in [6.45, 7) is 3.01. The fourth-order valence-electron chi connectivity index (χ4n) is 3.00. The van der Waals surface area contributed by atoms with Gasteiger partial charge in [-0.05, 0) is 18.8 Å². The zero-order chi connectivity index (χ0) is 13.1. The minimum atomic E-state index is -0.751. The Morgan fingerprint density at radius 3 is 2.39 bits per heavy atom. The van der Waals surface area contributed by atoms with Crippen molar-refractivity contribution < 1.29 is 14.7 Å². The fourth-order valence-corrected chi connectivity index (χ4v) is 3.00. The van der Waals surface area contributed by atoms with E-state index in [1.165, 1.54) is 32.1 Å². The van der Waals surface area contributed by atoms with Crippen LogP contribution < -0.4 is 0 Å². The van der Waals surface area contributed by atoms with Crippen LogP contribution in [0.15, 0.2) is 0 Å². The largest absolute Gasteiger partial charge is 0.481 e. The van der Waals surface area contributed by atoms with Crippen LogP contribution in [0.1, 0.15) is 45.4 Å². The average molecular weight is 253 g/mol. The lowest BCUT2D eigenvalue weighted by Crippen LogP contribution is -2.53. The topological polar surface area (TPSA) is 57.6 Å². The van der Waals surface area contributed by atoms with Crippen LogP contribution in [0.4, 0.5) is 0 Å². The van der Waals surface area contributed by atoms with Crippen LogP contribution in [0.5, 0.6) is 0 Å². The predicted octanol–water partition coefficient (Wildman–Crippen LogP) is 2.14. The van der Waals surface area contributed by atoms with Gasteiger partial charge in [0.25, 0.3) is 0 Å². The Morgan fingerprint density at radius 2 is 1.83 bits per heavy atom. The highest BCUT2D eigenvalue weighted by Gasteiger charge is 2.37. The number of amides is 1. The Kier molecular flexibility index (Phi) is 4.25. The molecule has 4 nitrogen and oxygen atoms in total. The molecule has 0 radical (unpaired) electrons. The van der Waals surface area contributed by atoms with Crippen LogP contribution in [0.3, 0.4) is 0 Å². The molecule has 0 aromatic heterocycles. The quantitative estimate of drug-likeness (QED) is 0.835. The minimum absolute atomic E-state index is 0.151. The van der Waals surface area contributed by atoms with Crippen molar-refractivity contribution in [2.75, 3.05) is 13.1 Å². The first-order valence-corrected chi connectivity index (χ1v) is 7.08. The number of likely N-dealkylation sites (tertiary alicyclic amines) is 1. The molecule has 0 bridgehead atoms. The lowest BCUT2D eigenvalue weighted by Gasteiger charge is -2.42. The van der Waals surface area contributed by atoms with Gasteiger partial charge in [-0.2, -0.15) is 0 Å². The summed E-state index contributed by atoms with van der Waals surface area (Å²) in [7, 11) is 0. The van der Waals surface area contributed by atoms with E-state index in [9.17, 15) is 9.59 Å². The zero-order valence-electron chi connectivity index (χ0n) is 11.1. The lowest BCUT2D eigenvalue weighted by atomic mass is 9.84. The molecule has 2 rings (SSSR count). The highest BCUT2D eigenvalue weighted by atomic mass is 16.4. The summed E-state index contributed by atoms with van der Waals surface area (Å²) in [5, 5.41) is 8.90. The van der Waals surface area contributed by atoms with Crippen molar-refractivity contribution in [1.29, 1.82) is 0 Å². The van der Waals surface area contributed by atoms with Crippen molar-refractivity contribution in [3.63, 3.8) is 0 Å². The van der Waals surface area contributed by atoms with Crippen molar-refractivity contribution in [1.82, 2.24) is 4.90 Å². The molecule has 1 aliphatic heterocycles. The SMILES string of the molecule is CC(C(=O)O)C1CN(C(=O)CC2CCCCC2)C1. The number of hydrogen-bond donors (Lipinski definition) is 1. The molecule has 0 aromatic rings. The monoisotopic (exact) mass is 253 g/mol. The van der Waals surface area contributed by atoms with Crippen LogP contribution in [0.2, 0.25) is 0 Å². The van der Waals surface area contributed by atoms with Gasteiger partial charge in [0, 0.05) is 25.4 Å². The maximum atomic E-state index is 12.0. The number of hydrogen-bond acceptors (Lipinski definition) is 2. The van der Waals surface area contributed by atoms with E-state index in [0.717, 1.165) is 0 Å². The second kappa shape index (κ2) is 5.72. The molecule has 2 fully saturated rings. The molecule has 1 amide bonds. The van der Waals surface area contributed by atoms with Crippen molar-refractivity contribution in [3.05, 3.63) is 0 Å². The highest BCUT2D eigenvalue weighted by Crippen LogP contribution is 2.29. The second-order valence-corrected chi connectivity index (χ2v) is 5.89. The first-order chi connectivity index (χ1) is 8.58. The van der Waals surface area contributed by atoms with E-state index in [1.54, 1.807) is 6.92 Å². The Balaban J connectivity index is 1.71. The van der Waals surface area contributed by atoms with Gasteiger partial charge in [0.2, 0.25) is 5.91 Å². The minimum Gasteiger partial charge on any atom is -0.481 e. The zero-order valence-corrected chi connectivity index (χ0v) is 11.1. The molecular weight excluding hydrogens is 230 g/mol. The molecule has 1 unspecified atom stereocenters. The molecule has 102 valence electrons. The third-order valence-corrected chi connectivity index (χ3v) is 4.55. The van der Waals surface area contributed by atoms with Crippen molar-refractivity contribution >= 4 is 11.9 Å². The number of rotatable bonds is 4. The average Bonchev–Trinajstić information content (AvgIpc) is 2.28. The Labute approximate surface area is 108 Å². The summed E-state index contributed by atoms with van der Waals surface area (Å²) in [6.07, 6.45) is 6.89. The summed E-state index contributed by atoms with van der Waals surface area (Å²) in [5.41, 5.74) is 0. The first-order valence-electron chi connectivity index (χ1n) is 7.08. The molecular formula is C14H23NO3. The standard InChI is InChI=1S/C14H23NO3/c1-10(14(17)18)12-8-15(9-12)13(16)7-11-5-3-2-4-6-11/h10-12H,2-9H2,1H3,(H,17,18). The third kappa shape index (κ3) is 3.03. The van der Waals surface area contributed by atoms with Crippen molar-refractivity contribution in [2.45, 2.75) is 45.4 Å². The molecule has 0 spiro atoms. The van der Waals surface area contributed by atoms with Gasteiger partial charge in [-0.3, -0.25) is 9.59 Å². The lowest BCUT2D eigenvalue weighted by molar-refractivity contribution is -0.151. The molecule has 1 heterocycles. The maximum absolute atomic E-state index is 12.0. The van der Waals surface area contributed by atoms with E-state index < -0.39 is 5.97 Å². The number of carbonyl (C=O) groups is 2. The van der Waals surface area contributed by atoms with Gasteiger partial charge in [0.1, 0.15) is 0 Å². The summed E-state index contributed by atoms with van der Waals surface area (Å²) < 4.78 is 0. The Morgan fingerprint density at radius 1 is 1.22 bits per heavy atom. The van der Waals surface area contributed by atoms with E-state index in [-0.39, 0.29) is 17.7 Å². The summed E-state index contributed by atoms with van der Waals surface area (Å²) in [4.78, 5) is 24.7. The van der Waals surface area contributed by atoms with Gasteiger partial charge in [0.05, 0.1) is 5.92 Å². The second-order valence-electron chi connectivity index (χ2n) is 5.89. The van der Waals surface area contributed by atoms with Gasteiger partial charge in [-0.15, -0.1) is 0 Å². The van der Waals surface area contributed by atoms with E-state index in [4.69, 9.17) is 5.11 Å². The van der Waals surface area contributed by atoms with Gasteiger partial charge < -0.3 is 10.0 Å². The van der Waals surface area contributed by atoms with Crippen LogP contribution in [-0.4, -0.2) is 35.0 Å². The Bertz CT molecular complexity index is 317. The number of aliphatic carboxylic acids is 1. The van der Waals surface area contributed by atoms with Crippen molar-refractivity contribution in [2.24, 2.45) is 17.8 Å². The number of nitrogens with zero attached hydrogens (tertiary/aromatic N) is 1. The van der Waals surface area contributed by atoms with Crippen LogP contribution in [0.25, 0.3) is 0 Å². The van der Waals surface area contributed by atoms with Crippen LogP contribution in [0, 0.1) is 17.8 Å². The molecule has 4 heteroatoms. The third-order valence-electron chi connectivity index (χ3n) is 4.55. The predicted molar refractivity (Wildman–Crippen MR) is 68.1 cm³/mol. The first kappa shape index (κ1) is 13.4. The molecule has 1 atom stereocenters. The summed E-state index contributed by atoms with van der Waals surface area (Å²) in [5.74, 6) is -0.126. The Hall–Kier alpha value is -1.06. The molecule has 1 N–H and O–H groups in total. The van der Waals surface area contributed by atoms with Crippen molar-refractivity contribution in [3.8, 4) is 0 Å². The summed E-state index contributed by atoms with van der Waals surface area (Å²) in [6, 6.07) is 0. The van der Waals surface area contributed by atoms with Crippen LogP contribution >= 0.6 is 0 Å². The molecule has 18 heavy (non-hydrogen) atoms. The summed E-state index contributed by atoms with van der Waals surface area (Å²) >= 11 is 0. The van der Waals surface area contributed by atoms with Gasteiger partial charge in [-0.1, -0.05) is 26.2 Å². The van der Waals surface area contributed by atoms with Gasteiger partial charge in [-0.25, -0.2) is 0 Å². The van der Waals surface area contributed by atoms with E-state index in [0.29, 0.717) is 25.4 Å². The van der Waals surface area contributed by atoms with E-state index in [2.05, 4.69) is 0 Å². The molecule has 2 aliphatic rings. The number of carboxylic acids is 1. The van der Waals surface area contributed by atoms with E-state index >= 15 is 0 Å². The van der Waals surface area contributed by atoms with Crippen LogP contribution in [-0.2, 0) is 9.59 Å². The van der Waals surface area contributed by atoms with E-state index in [1.807, 2.05) is 4.90 Å². The number of carboxylic acid groups (broad SMARTS) is 1. The highest BCUT2D eigenvalue weighted by molar-refractivity contribution is 5.78. The fraction of sp³-hybridized carbons (Fsp3) is 0.857.